The molecule has 0 bridgehead atoms. The maximum absolute atomic E-state index is 5.60. The van der Waals surface area contributed by atoms with Crippen molar-refractivity contribution in [1.29, 1.82) is 0 Å². The first-order chi connectivity index (χ1) is 10.7. The Balaban J connectivity index is 1.84. The Kier molecular flexibility index (Phi) is 4.79. The third kappa shape index (κ3) is 3.33. The summed E-state index contributed by atoms with van der Waals surface area (Å²) in [6.07, 6.45) is 4.02. The quantitative estimate of drug-likeness (QED) is 0.835. The van der Waals surface area contributed by atoms with Crippen LogP contribution in [0.3, 0.4) is 0 Å². The van der Waals surface area contributed by atoms with Gasteiger partial charge in [0.25, 0.3) is 0 Å². The number of likely N-dealkylation sites (tertiary alicyclic amines) is 1. The summed E-state index contributed by atoms with van der Waals surface area (Å²) in [5, 5.41) is 3.37. The molecule has 0 amide bonds. The van der Waals surface area contributed by atoms with Gasteiger partial charge in [0.2, 0.25) is 0 Å². The summed E-state index contributed by atoms with van der Waals surface area (Å²) in [7, 11) is 1.74. The Labute approximate surface area is 137 Å². The lowest BCUT2D eigenvalue weighted by Gasteiger charge is -2.25. The molecule has 0 atom stereocenters. The monoisotopic (exact) mass is 316 g/mol. The van der Waals surface area contributed by atoms with Crippen LogP contribution < -0.4 is 4.74 Å². The maximum atomic E-state index is 5.60. The molecule has 0 saturated carbocycles. The van der Waals surface area contributed by atoms with Crippen LogP contribution in [0.4, 0.5) is 0 Å². The molecule has 3 nitrogen and oxygen atoms in total. The number of ether oxygens (including phenoxy) is 1. The van der Waals surface area contributed by atoms with Crippen molar-refractivity contribution in [2.45, 2.75) is 39.7 Å². The van der Waals surface area contributed by atoms with E-state index in [2.05, 4.69) is 36.3 Å². The molecule has 2 heterocycles. The minimum absolute atomic E-state index is 0.945. The fourth-order valence-electron chi connectivity index (χ4n) is 3.23. The first-order valence-corrected chi connectivity index (χ1v) is 8.87. The van der Waals surface area contributed by atoms with E-state index < -0.39 is 0 Å². The standard InChI is InChI=1S/C18H24N2OS/c1-13-9-14(2)18(21-3)15(10-13)16-12-22-17(19-16)11-20-7-5-4-6-8-20/h9-10,12H,4-8,11H2,1-3H3. The van der Waals surface area contributed by atoms with E-state index in [9.17, 15) is 0 Å². The van der Waals surface area contributed by atoms with Gasteiger partial charge in [0.05, 0.1) is 19.3 Å². The van der Waals surface area contributed by atoms with Gasteiger partial charge in [-0.3, -0.25) is 4.90 Å². The number of hydrogen-bond donors (Lipinski definition) is 0. The zero-order valence-corrected chi connectivity index (χ0v) is 14.5. The molecule has 2 aromatic rings. The highest BCUT2D eigenvalue weighted by Crippen LogP contribution is 2.34. The fraction of sp³-hybridized carbons (Fsp3) is 0.500. The van der Waals surface area contributed by atoms with Crippen LogP contribution in [0.1, 0.15) is 35.4 Å². The number of thiazole rings is 1. The van der Waals surface area contributed by atoms with Gasteiger partial charge in [0.1, 0.15) is 10.8 Å². The second kappa shape index (κ2) is 6.80. The number of nitrogens with zero attached hydrogens (tertiary/aromatic N) is 2. The Hall–Kier alpha value is -1.39. The first kappa shape index (κ1) is 15.5. The smallest absolute Gasteiger partial charge is 0.131 e. The van der Waals surface area contributed by atoms with Crippen LogP contribution in [0.2, 0.25) is 0 Å². The predicted molar refractivity (Wildman–Crippen MR) is 92.7 cm³/mol. The van der Waals surface area contributed by atoms with Crippen molar-refractivity contribution < 1.29 is 4.74 Å². The van der Waals surface area contributed by atoms with E-state index in [-0.39, 0.29) is 0 Å². The number of rotatable bonds is 4. The van der Waals surface area contributed by atoms with E-state index in [0.717, 1.165) is 23.6 Å². The molecule has 1 aromatic heterocycles. The van der Waals surface area contributed by atoms with E-state index >= 15 is 0 Å². The van der Waals surface area contributed by atoms with Gasteiger partial charge in [0, 0.05) is 10.9 Å². The van der Waals surface area contributed by atoms with Crippen LogP contribution >= 0.6 is 11.3 Å². The van der Waals surface area contributed by atoms with Crippen LogP contribution in [0.15, 0.2) is 17.5 Å². The molecule has 1 saturated heterocycles. The minimum Gasteiger partial charge on any atom is -0.496 e. The Morgan fingerprint density at radius 3 is 2.68 bits per heavy atom. The summed E-state index contributed by atoms with van der Waals surface area (Å²) in [5.74, 6) is 0.945. The highest BCUT2D eigenvalue weighted by molar-refractivity contribution is 7.09. The van der Waals surface area contributed by atoms with Gasteiger partial charge in [-0.1, -0.05) is 12.5 Å². The zero-order chi connectivity index (χ0) is 15.5. The molecule has 118 valence electrons. The van der Waals surface area contributed by atoms with Crippen molar-refractivity contribution in [3.8, 4) is 17.0 Å². The van der Waals surface area contributed by atoms with Crippen LogP contribution in [-0.4, -0.2) is 30.1 Å². The van der Waals surface area contributed by atoms with Crippen LogP contribution in [0.25, 0.3) is 11.3 Å². The van der Waals surface area contributed by atoms with Crippen molar-refractivity contribution in [2.24, 2.45) is 0 Å². The molecule has 22 heavy (non-hydrogen) atoms. The van der Waals surface area contributed by atoms with Gasteiger partial charge >= 0.3 is 0 Å². The number of hydrogen-bond acceptors (Lipinski definition) is 4. The van der Waals surface area contributed by atoms with Gasteiger partial charge in [-0.15, -0.1) is 11.3 Å². The molecule has 0 unspecified atom stereocenters. The molecule has 0 N–H and O–H groups in total. The van der Waals surface area contributed by atoms with Crippen molar-refractivity contribution >= 4 is 11.3 Å². The average molecular weight is 316 g/mol. The molecule has 0 radical (unpaired) electrons. The van der Waals surface area contributed by atoms with Gasteiger partial charge in [0.15, 0.2) is 0 Å². The number of piperidine rings is 1. The summed E-state index contributed by atoms with van der Waals surface area (Å²) in [5.41, 5.74) is 4.57. The van der Waals surface area contributed by atoms with Crippen molar-refractivity contribution in [3.05, 3.63) is 33.6 Å². The summed E-state index contributed by atoms with van der Waals surface area (Å²) >= 11 is 1.76. The van der Waals surface area contributed by atoms with Gasteiger partial charge < -0.3 is 4.74 Å². The normalized spacial score (nSPS) is 16.0. The van der Waals surface area contributed by atoms with Gasteiger partial charge in [-0.05, 0) is 57.0 Å². The van der Waals surface area contributed by atoms with Crippen LogP contribution in [-0.2, 0) is 6.54 Å². The summed E-state index contributed by atoms with van der Waals surface area (Å²) < 4.78 is 5.60. The van der Waals surface area contributed by atoms with Gasteiger partial charge in [-0.25, -0.2) is 4.98 Å². The average Bonchev–Trinajstić information content (AvgIpc) is 2.96. The van der Waals surface area contributed by atoms with E-state index in [1.807, 2.05) is 0 Å². The summed E-state index contributed by atoms with van der Waals surface area (Å²) in [4.78, 5) is 7.38. The van der Waals surface area contributed by atoms with Crippen molar-refractivity contribution in [2.75, 3.05) is 20.2 Å². The van der Waals surface area contributed by atoms with Crippen molar-refractivity contribution in [1.82, 2.24) is 9.88 Å². The van der Waals surface area contributed by atoms with E-state index in [1.54, 1.807) is 18.4 Å². The Morgan fingerprint density at radius 1 is 1.18 bits per heavy atom. The second-order valence-corrected chi connectivity index (χ2v) is 7.07. The molecule has 1 aliphatic heterocycles. The molecule has 1 fully saturated rings. The molecule has 1 aromatic carbocycles. The molecule has 0 aliphatic carbocycles. The number of aromatic nitrogens is 1. The molecular formula is C18H24N2OS. The SMILES string of the molecule is COc1c(C)cc(C)cc1-c1csc(CN2CCCCC2)n1. The molecule has 3 rings (SSSR count). The fourth-order valence-corrected chi connectivity index (χ4v) is 4.07. The van der Waals surface area contributed by atoms with E-state index in [4.69, 9.17) is 9.72 Å². The largest absolute Gasteiger partial charge is 0.496 e. The lowest BCUT2D eigenvalue weighted by Crippen LogP contribution is -2.28. The third-order valence-corrected chi connectivity index (χ3v) is 5.09. The Bertz CT molecular complexity index is 645. The third-order valence-electron chi connectivity index (χ3n) is 4.26. The molecule has 1 aliphatic rings. The second-order valence-electron chi connectivity index (χ2n) is 6.13. The molecule has 4 heteroatoms. The minimum atomic E-state index is 0.945. The number of benzene rings is 1. The summed E-state index contributed by atoms with van der Waals surface area (Å²) in [6, 6.07) is 4.33. The topological polar surface area (TPSA) is 25.4 Å². The van der Waals surface area contributed by atoms with Crippen molar-refractivity contribution in [3.63, 3.8) is 0 Å². The zero-order valence-electron chi connectivity index (χ0n) is 13.7. The lowest BCUT2D eigenvalue weighted by atomic mass is 10.0. The molecular weight excluding hydrogens is 292 g/mol. The lowest BCUT2D eigenvalue weighted by molar-refractivity contribution is 0.220. The summed E-state index contributed by atoms with van der Waals surface area (Å²) in [6.45, 7) is 7.62. The predicted octanol–water partition coefficient (Wildman–Crippen LogP) is 4.42. The Morgan fingerprint density at radius 2 is 1.95 bits per heavy atom. The van der Waals surface area contributed by atoms with Crippen LogP contribution in [0.5, 0.6) is 5.75 Å². The highest BCUT2D eigenvalue weighted by Gasteiger charge is 2.15. The number of methoxy groups -OCH3 is 1. The van der Waals surface area contributed by atoms with Crippen LogP contribution in [0, 0.1) is 13.8 Å². The molecule has 0 spiro atoms. The first-order valence-electron chi connectivity index (χ1n) is 8.00. The maximum Gasteiger partial charge on any atom is 0.131 e. The number of aryl methyl sites for hydroxylation is 2. The van der Waals surface area contributed by atoms with E-state index in [1.165, 1.54) is 48.5 Å². The van der Waals surface area contributed by atoms with Gasteiger partial charge in [-0.2, -0.15) is 0 Å². The van der Waals surface area contributed by atoms with E-state index in [0.29, 0.717) is 0 Å². The highest BCUT2D eigenvalue weighted by atomic mass is 32.1.